The number of rotatable bonds is 57. The molecule has 2 N–H and O–H groups in total. The fourth-order valence-electron chi connectivity index (χ4n) is 8.82. The van der Waals surface area contributed by atoms with Crippen LogP contribution in [0.5, 0.6) is 0 Å². The number of likely N-dealkylation sites (N-methyl/N-ethyl adjacent to an activating group) is 1. The topological polar surface area (TPSA) is 108 Å². The summed E-state index contributed by atoms with van der Waals surface area (Å²) in [5, 5.41) is 13.9. The van der Waals surface area contributed by atoms with Crippen LogP contribution in [0.1, 0.15) is 264 Å². The predicted molar refractivity (Wildman–Crippen MR) is 334 cm³/mol. The average Bonchev–Trinajstić information content (AvgIpc) is 3.39. The molecule has 0 aliphatic carbocycles. The summed E-state index contributed by atoms with van der Waals surface area (Å²) < 4.78 is 23.4. The van der Waals surface area contributed by atoms with E-state index in [1.54, 1.807) is 6.08 Å². The number of allylic oxidation sites excluding steroid dienone is 17. The first-order valence-corrected chi connectivity index (χ1v) is 33.2. The summed E-state index contributed by atoms with van der Waals surface area (Å²) in [7, 11) is 1.25. The summed E-state index contributed by atoms with van der Waals surface area (Å²) in [6, 6.07) is -0.894. The maximum atomic E-state index is 13.0. The van der Waals surface area contributed by atoms with Crippen molar-refractivity contribution in [1.82, 2.24) is 5.32 Å². The Bertz CT molecular complexity index is 1620. The summed E-state index contributed by atoms with van der Waals surface area (Å²) in [5.74, 6) is -0.202. The highest BCUT2D eigenvalue weighted by atomic mass is 31.2. The van der Waals surface area contributed by atoms with E-state index in [2.05, 4.69) is 116 Å². The number of phosphoric acid groups is 1. The van der Waals surface area contributed by atoms with Gasteiger partial charge in [0.25, 0.3) is 7.82 Å². The second-order valence-corrected chi connectivity index (χ2v) is 23.8. The van der Waals surface area contributed by atoms with Crippen molar-refractivity contribution in [2.24, 2.45) is 0 Å². The number of hydrogen-bond donors (Lipinski definition) is 2. The molecule has 0 radical (unpaired) electrons. The number of nitrogens with zero attached hydrogens (tertiary/aromatic N) is 1. The molecular weight excluding hydrogens is 972 g/mol. The van der Waals surface area contributed by atoms with Crippen LogP contribution < -0.4 is 10.2 Å². The van der Waals surface area contributed by atoms with Crippen molar-refractivity contribution in [3.8, 4) is 0 Å². The van der Waals surface area contributed by atoms with Gasteiger partial charge in [-0.1, -0.05) is 284 Å². The molecule has 0 saturated heterocycles. The third-order valence-corrected chi connectivity index (χ3v) is 14.7. The molecular formula is C68H121N2O6P. The van der Waals surface area contributed by atoms with Gasteiger partial charge in [0.15, 0.2) is 0 Å². The van der Waals surface area contributed by atoms with Crippen LogP contribution in [0, 0.1) is 0 Å². The van der Waals surface area contributed by atoms with E-state index >= 15 is 0 Å². The van der Waals surface area contributed by atoms with Crippen molar-refractivity contribution in [1.29, 1.82) is 0 Å². The van der Waals surface area contributed by atoms with Gasteiger partial charge in [-0.25, -0.2) is 0 Å². The number of carbonyl (C=O) groups is 1. The lowest BCUT2D eigenvalue weighted by atomic mass is 10.0. The predicted octanol–water partition coefficient (Wildman–Crippen LogP) is 19.3. The molecule has 0 bridgehead atoms. The largest absolute Gasteiger partial charge is 0.756 e. The molecule has 0 fully saturated rings. The Hall–Kier alpha value is -2.84. The fraction of sp³-hybridized carbons (Fsp3) is 0.721. The monoisotopic (exact) mass is 1090 g/mol. The molecule has 0 spiro atoms. The number of aliphatic hydroxyl groups excluding tert-OH is 1. The van der Waals surface area contributed by atoms with Crippen molar-refractivity contribution in [3.63, 3.8) is 0 Å². The van der Waals surface area contributed by atoms with Crippen LogP contribution in [0.25, 0.3) is 0 Å². The quantitative estimate of drug-likeness (QED) is 0.0272. The number of hydrogen-bond acceptors (Lipinski definition) is 6. The van der Waals surface area contributed by atoms with Crippen LogP contribution in [0.4, 0.5) is 0 Å². The number of carbonyl (C=O) groups excluding carboxylic acids is 1. The molecule has 0 aliphatic heterocycles. The molecule has 0 aliphatic rings. The molecule has 444 valence electrons. The van der Waals surface area contributed by atoms with Gasteiger partial charge in [-0.3, -0.25) is 9.36 Å². The number of nitrogens with one attached hydrogen (secondary N) is 1. The van der Waals surface area contributed by atoms with Crippen LogP contribution in [-0.2, 0) is 18.4 Å². The van der Waals surface area contributed by atoms with E-state index in [0.717, 1.165) is 89.9 Å². The lowest BCUT2D eigenvalue weighted by molar-refractivity contribution is -0.870. The van der Waals surface area contributed by atoms with Crippen LogP contribution in [-0.4, -0.2) is 68.5 Å². The van der Waals surface area contributed by atoms with Crippen molar-refractivity contribution >= 4 is 13.7 Å². The Morgan fingerprint density at radius 3 is 1.16 bits per heavy atom. The number of aliphatic hydroxyl groups is 1. The van der Waals surface area contributed by atoms with Gasteiger partial charge >= 0.3 is 0 Å². The van der Waals surface area contributed by atoms with E-state index in [1.807, 2.05) is 27.2 Å². The highest BCUT2D eigenvalue weighted by Gasteiger charge is 2.23. The third kappa shape index (κ3) is 60.6. The van der Waals surface area contributed by atoms with Crippen LogP contribution in [0.3, 0.4) is 0 Å². The molecule has 3 unspecified atom stereocenters. The Morgan fingerprint density at radius 2 is 0.792 bits per heavy atom. The van der Waals surface area contributed by atoms with E-state index in [4.69, 9.17) is 9.05 Å². The van der Waals surface area contributed by atoms with E-state index in [1.165, 1.54) is 154 Å². The van der Waals surface area contributed by atoms with E-state index < -0.39 is 20.0 Å². The van der Waals surface area contributed by atoms with Gasteiger partial charge in [-0.2, -0.15) is 0 Å². The molecule has 3 atom stereocenters. The Morgan fingerprint density at radius 1 is 0.468 bits per heavy atom. The minimum Gasteiger partial charge on any atom is -0.756 e. The van der Waals surface area contributed by atoms with Crippen molar-refractivity contribution in [3.05, 3.63) is 109 Å². The molecule has 0 rings (SSSR count). The number of phosphoric ester groups is 1. The van der Waals surface area contributed by atoms with Gasteiger partial charge in [0.2, 0.25) is 5.91 Å². The minimum absolute atomic E-state index is 0.00507. The van der Waals surface area contributed by atoms with Gasteiger partial charge in [-0.05, 0) is 83.5 Å². The molecule has 0 heterocycles. The van der Waals surface area contributed by atoms with E-state index in [9.17, 15) is 19.4 Å². The summed E-state index contributed by atoms with van der Waals surface area (Å²) >= 11 is 0. The van der Waals surface area contributed by atoms with Crippen LogP contribution in [0.15, 0.2) is 109 Å². The van der Waals surface area contributed by atoms with Crippen molar-refractivity contribution in [2.45, 2.75) is 276 Å². The first kappa shape index (κ1) is 74.2. The lowest BCUT2D eigenvalue weighted by Gasteiger charge is -2.29. The number of amides is 1. The fourth-order valence-corrected chi connectivity index (χ4v) is 9.54. The Kier molecular flexibility index (Phi) is 55.7. The highest BCUT2D eigenvalue weighted by molar-refractivity contribution is 7.45. The maximum Gasteiger partial charge on any atom is 0.268 e. The molecule has 0 aromatic heterocycles. The number of quaternary nitrogens is 1. The first-order chi connectivity index (χ1) is 37.5. The average molecular weight is 1090 g/mol. The van der Waals surface area contributed by atoms with Crippen LogP contribution >= 0.6 is 7.82 Å². The molecule has 9 heteroatoms. The molecule has 8 nitrogen and oxygen atoms in total. The second-order valence-electron chi connectivity index (χ2n) is 22.4. The lowest BCUT2D eigenvalue weighted by Crippen LogP contribution is -2.45. The van der Waals surface area contributed by atoms with Gasteiger partial charge in [0.05, 0.1) is 39.9 Å². The second kappa shape index (κ2) is 57.8. The zero-order valence-electron chi connectivity index (χ0n) is 50.6. The Labute approximate surface area is 476 Å². The normalized spacial score (nSPS) is 14.5. The van der Waals surface area contributed by atoms with Gasteiger partial charge < -0.3 is 28.8 Å². The zero-order valence-corrected chi connectivity index (χ0v) is 51.5. The molecule has 0 aromatic rings. The molecule has 0 aromatic carbocycles. The summed E-state index contributed by atoms with van der Waals surface area (Å²) in [5.41, 5.74) is 0. The van der Waals surface area contributed by atoms with E-state index in [0.29, 0.717) is 17.4 Å². The van der Waals surface area contributed by atoms with E-state index in [-0.39, 0.29) is 19.1 Å². The van der Waals surface area contributed by atoms with Gasteiger partial charge in [0, 0.05) is 6.42 Å². The summed E-state index contributed by atoms with van der Waals surface area (Å²) in [6.45, 7) is 4.54. The molecule has 77 heavy (non-hydrogen) atoms. The molecule has 1 amide bonds. The Balaban J connectivity index is 4.11. The molecule has 0 saturated carbocycles. The summed E-state index contributed by atoms with van der Waals surface area (Å²) in [4.78, 5) is 25.6. The van der Waals surface area contributed by atoms with Crippen LogP contribution in [0.2, 0.25) is 0 Å². The number of unbranched alkanes of at least 4 members (excludes halogenated alkanes) is 28. The highest BCUT2D eigenvalue weighted by Crippen LogP contribution is 2.38. The maximum absolute atomic E-state index is 13.0. The van der Waals surface area contributed by atoms with Crippen molar-refractivity contribution < 1.29 is 32.9 Å². The first-order valence-electron chi connectivity index (χ1n) is 31.7. The summed E-state index contributed by atoms with van der Waals surface area (Å²) in [6.07, 6.45) is 84.6. The zero-order chi connectivity index (χ0) is 56.3. The smallest absolute Gasteiger partial charge is 0.268 e. The minimum atomic E-state index is -4.60. The van der Waals surface area contributed by atoms with Gasteiger partial charge in [0.1, 0.15) is 13.2 Å². The van der Waals surface area contributed by atoms with Gasteiger partial charge in [-0.15, -0.1) is 0 Å². The standard InChI is InChI=1S/C68H121N2O6P/c1-6-8-10-12-14-16-18-20-22-24-26-27-28-29-30-31-32-33-34-35-36-37-38-39-40-41-42-43-44-46-48-50-52-54-56-58-60-62-68(72)69-66(65-76-77(73,74)75-64-63-70(3,4)5)67(71)61-59-57-55-53-51-49-47-45-25-23-21-19-17-15-13-11-9-7-2/h8,10,14,16,20,22,26-27,29-30,32-33,35-36,38-39,59,61,66-67,71H,6-7,9,11-13,15,17-19,21,23-25,28,31,34,37,40-58,60,62-65H2,1-5H3,(H-,69,72,73,74)/b10-8-,16-14-,22-20-,27-26-,30-29-,33-32-,36-35-,39-38-,61-59+. The van der Waals surface area contributed by atoms with Crippen molar-refractivity contribution in [2.75, 3.05) is 40.9 Å². The SMILES string of the molecule is CC/C=C\C/C=C\C/C=C\C/C=C\C/C=C\C/C=C\C/C=C\C/C=C\CCCCCCCCCCCCCCC(=O)NC(COP(=O)([O-])OCC[N+](C)(C)C)C(O)/C=C/CCCCCCCCCCCCCCCCCC. The third-order valence-electron chi connectivity index (χ3n) is 13.7.